The smallest absolute Gasteiger partial charge is 0.000807 e. The molecule has 16 aromatic rings. The van der Waals surface area contributed by atoms with E-state index in [1.165, 1.54) is 151 Å². The summed E-state index contributed by atoms with van der Waals surface area (Å²) in [5, 5.41) is 38.7. The van der Waals surface area contributed by atoms with E-state index < -0.39 is 0 Å². The van der Waals surface area contributed by atoms with Crippen molar-refractivity contribution < 1.29 is 0 Å². The molecule has 0 aromatic heterocycles. The largest absolute Gasteiger partial charge is 0.0610 e. The second-order valence-corrected chi connectivity index (χ2v) is 16.3. The Bertz CT molecular complexity index is 3710. The minimum absolute atomic E-state index is 1.33. The molecule has 0 saturated heterocycles. The predicted octanol–water partition coefficient (Wildman–Crippen LogP) is 16.1. The monoisotopic (exact) mass is 700 g/mol. The van der Waals surface area contributed by atoms with Gasteiger partial charge in [-0.15, -0.1) is 0 Å². The lowest BCUT2D eigenvalue weighted by molar-refractivity contribution is 1.80. The van der Waals surface area contributed by atoms with Gasteiger partial charge in [0.2, 0.25) is 0 Å². The van der Waals surface area contributed by atoms with Crippen LogP contribution in [-0.4, -0.2) is 0 Å². The van der Waals surface area contributed by atoms with Crippen LogP contribution in [-0.2, 0) is 0 Å². The first kappa shape index (κ1) is 28.2. The van der Waals surface area contributed by atoms with Gasteiger partial charge in [0.1, 0.15) is 0 Å². The van der Waals surface area contributed by atoms with E-state index in [0.717, 1.165) is 0 Å². The van der Waals surface area contributed by atoms with Crippen molar-refractivity contribution in [1.82, 2.24) is 0 Å². The molecule has 0 fully saturated rings. The second-order valence-electron chi connectivity index (χ2n) is 16.3. The van der Waals surface area contributed by atoms with Gasteiger partial charge in [0.05, 0.1) is 0 Å². The molecule has 0 heteroatoms. The third-order valence-electron chi connectivity index (χ3n) is 13.7. The minimum atomic E-state index is 1.33. The van der Waals surface area contributed by atoms with Gasteiger partial charge in [0.15, 0.2) is 0 Å². The van der Waals surface area contributed by atoms with Gasteiger partial charge in [-0.3, -0.25) is 0 Å². The molecular weight excluding hydrogens is 673 g/mol. The summed E-state index contributed by atoms with van der Waals surface area (Å²) in [6, 6.07) is 64.0. The summed E-state index contributed by atoms with van der Waals surface area (Å²) in [6.07, 6.45) is 0. The summed E-state index contributed by atoms with van der Waals surface area (Å²) in [7, 11) is 0. The molecule has 0 bridgehead atoms. The Kier molecular flexibility index (Phi) is 4.78. The molecule has 16 rings (SSSR count). The van der Waals surface area contributed by atoms with E-state index in [1.807, 2.05) is 0 Å². The Hall–Kier alpha value is -7.28. The molecule has 0 N–H and O–H groups in total. The third-order valence-corrected chi connectivity index (χ3v) is 13.7. The Morgan fingerprint density at radius 3 is 0.589 bits per heavy atom. The fourth-order valence-electron chi connectivity index (χ4n) is 11.5. The summed E-state index contributed by atoms with van der Waals surface area (Å²) >= 11 is 0. The van der Waals surface area contributed by atoms with Crippen molar-refractivity contribution in [3.63, 3.8) is 0 Å². The highest BCUT2D eigenvalue weighted by molar-refractivity contribution is 6.47. The molecule has 56 heavy (non-hydrogen) atoms. The zero-order valence-electron chi connectivity index (χ0n) is 30.2. The van der Waals surface area contributed by atoms with E-state index in [0.29, 0.717) is 0 Å². The predicted molar refractivity (Wildman–Crippen MR) is 245 cm³/mol. The molecule has 0 atom stereocenters. The fraction of sp³-hybridized carbons (Fsp3) is 0. The van der Waals surface area contributed by atoms with Crippen molar-refractivity contribution in [2.24, 2.45) is 0 Å². The number of benzene rings is 16. The topological polar surface area (TPSA) is 0 Å². The fourth-order valence-corrected chi connectivity index (χ4v) is 11.5. The van der Waals surface area contributed by atoms with Crippen LogP contribution < -0.4 is 0 Å². The van der Waals surface area contributed by atoms with Crippen molar-refractivity contribution in [3.8, 4) is 0 Å². The SMILES string of the molecule is c1cc2ccc3c4ccc5cccc6cc7ccc8cc(c1)c2c3c8c7c4c56.c1cc2ccc3c4ccc5cccc6cc7ccc8cc(c1)c2c3c8c7c4c56. The molecule has 252 valence electrons. The summed E-state index contributed by atoms with van der Waals surface area (Å²) in [5.41, 5.74) is 0. The third kappa shape index (κ3) is 3.20. The molecule has 16 aromatic carbocycles. The van der Waals surface area contributed by atoms with E-state index in [-0.39, 0.29) is 0 Å². The highest BCUT2D eigenvalue weighted by Gasteiger charge is 2.22. The van der Waals surface area contributed by atoms with E-state index in [2.05, 4.69) is 170 Å². The molecule has 0 heterocycles. The van der Waals surface area contributed by atoms with Crippen molar-refractivity contribution in [3.05, 3.63) is 170 Å². The zero-order valence-corrected chi connectivity index (χ0v) is 30.2. The summed E-state index contributed by atoms with van der Waals surface area (Å²) < 4.78 is 0. The van der Waals surface area contributed by atoms with Crippen LogP contribution in [0.5, 0.6) is 0 Å². The minimum Gasteiger partial charge on any atom is -0.0610 e. The van der Waals surface area contributed by atoms with E-state index in [1.54, 1.807) is 0 Å². The first-order chi connectivity index (χ1) is 27.8. The van der Waals surface area contributed by atoms with Gasteiger partial charge in [-0.25, -0.2) is 0 Å². The van der Waals surface area contributed by atoms with Crippen LogP contribution in [0.15, 0.2) is 170 Å². The highest BCUT2D eigenvalue weighted by Crippen LogP contribution is 2.51. The van der Waals surface area contributed by atoms with Gasteiger partial charge >= 0.3 is 0 Å². The quantitative estimate of drug-likeness (QED) is 0.109. The lowest BCUT2D eigenvalue weighted by Gasteiger charge is -2.21. The normalized spacial score (nSPS) is 13.0. The molecule has 0 aliphatic carbocycles. The van der Waals surface area contributed by atoms with Crippen LogP contribution in [0.3, 0.4) is 0 Å². The van der Waals surface area contributed by atoms with Gasteiger partial charge in [0, 0.05) is 0 Å². The highest BCUT2D eigenvalue weighted by atomic mass is 14.2. The van der Waals surface area contributed by atoms with Gasteiger partial charge < -0.3 is 0 Å². The van der Waals surface area contributed by atoms with Gasteiger partial charge in [-0.05, 0) is 175 Å². The first-order valence-electron chi connectivity index (χ1n) is 19.7. The molecule has 0 aliphatic heterocycles. The maximum Gasteiger partial charge on any atom is -0.000807 e. The van der Waals surface area contributed by atoms with Gasteiger partial charge in [-0.1, -0.05) is 146 Å². The lowest BCUT2D eigenvalue weighted by atomic mass is 9.82. The van der Waals surface area contributed by atoms with Crippen molar-refractivity contribution in [1.29, 1.82) is 0 Å². The molecule has 0 aliphatic rings. The first-order valence-corrected chi connectivity index (χ1v) is 19.7. The van der Waals surface area contributed by atoms with E-state index >= 15 is 0 Å². The van der Waals surface area contributed by atoms with Crippen molar-refractivity contribution in [2.45, 2.75) is 0 Å². The van der Waals surface area contributed by atoms with Gasteiger partial charge in [-0.2, -0.15) is 0 Å². The number of hydrogen-bond acceptors (Lipinski definition) is 0. The Labute approximate surface area is 319 Å². The van der Waals surface area contributed by atoms with Crippen molar-refractivity contribution >= 4 is 151 Å². The lowest BCUT2D eigenvalue weighted by Crippen LogP contribution is -1.92. The maximum atomic E-state index is 2.38. The standard InChI is InChI=1S/2C28H14/c2*1-3-15-9-11-21-22-12-10-16-4-2-6-18-14-20-8-7-19-13-17(5-1)23(15)27(21)25(19)26(20)28(22)24(16)18/h2*1-14H. The van der Waals surface area contributed by atoms with E-state index in [4.69, 9.17) is 0 Å². The van der Waals surface area contributed by atoms with Crippen LogP contribution in [0.4, 0.5) is 0 Å². The van der Waals surface area contributed by atoms with Crippen molar-refractivity contribution in [2.75, 3.05) is 0 Å². The number of hydrogen-bond donors (Lipinski definition) is 0. The van der Waals surface area contributed by atoms with Crippen LogP contribution in [0.2, 0.25) is 0 Å². The average Bonchev–Trinajstić information content (AvgIpc) is 3.25. The summed E-state index contributed by atoms with van der Waals surface area (Å²) in [5.74, 6) is 0. The molecule has 0 unspecified atom stereocenters. The maximum absolute atomic E-state index is 2.38. The number of fused-ring (bicyclic) bond motifs is 2. The molecular formula is C56H28. The molecule has 0 radical (unpaired) electrons. The summed E-state index contributed by atoms with van der Waals surface area (Å²) in [6.45, 7) is 0. The summed E-state index contributed by atoms with van der Waals surface area (Å²) in [4.78, 5) is 0. The number of rotatable bonds is 0. The van der Waals surface area contributed by atoms with Crippen LogP contribution >= 0.6 is 0 Å². The molecule has 0 nitrogen and oxygen atoms in total. The molecule has 0 saturated carbocycles. The van der Waals surface area contributed by atoms with Crippen LogP contribution in [0.25, 0.3) is 151 Å². The second kappa shape index (κ2) is 9.50. The van der Waals surface area contributed by atoms with Crippen LogP contribution in [0, 0.1) is 0 Å². The van der Waals surface area contributed by atoms with Crippen LogP contribution in [0.1, 0.15) is 0 Å². The Balaban J connectivity index is 0.000000109. The average molecular weight is 701 g/mol. The molecule has 0 spiro atoms. The zero-order chi connectivity index (χ0) is 36.0. The van der Waals surface area contributed by atoms with Gasteiger partial charge in [0.25, 0.3) is 0 Å². The Morgan fingerprint density at radius 1 is 0.143 bits per heavy atom. The van der Waals surface area contributed by atoms with E-state index in [9.17, 15) is 0 Å². The molecule has 0 amide bonds. The Morgan fingerprint density at radius 2 is 0.339 bits per heavy atom.